The van der Waals surface area contributed by atoms with Gasteiger partial charge in [-0.15, -0.1) is 0 Å². The van der Waals surface area contributed by atoms with Crippen LogP contribution in [0.5, 0.6) is 5.75 Å². The summed E-state index contributed by atoms with van der Waals surface area (Å²) in [5.41, 5.74) is 4.22. The minimum absolute atomic E-state index is 0.0536. The van der Waals surface area contributed by atoms with E-state index in [0.29, 0.717) is 5.56 Å². The Morgan fingerprint density at radius 2 is 1.61 bits per heavy atom. The maximum absolute atomic E-state index is 14.1. The minimum Gasteiger partial charge on any atom is -0.420 e. The van der Waals surface area contributed by atoms with Gasteiger partial charge < -0.3 is 4.74 Å². The van der Waals surface area contributed by atoms with Crippen LogP contribution >= 0.6 is 0 Å². The largest absolute Gasteiger partial charge is 0.420 e. The highest BCUT2D eigenvalue weighted by Crippen LogP contribution is 2.22. The molecule has 0 spiro atoms. The Balaban J connectivity index is 1.70. The Labute approximate surface area is 165 Å². The van der Waals surface area contributed by atoms with Crippen LogP contribution in [0.4, 0.5) is 4.39 Å². The molecule has 0 amide bonds. The quantitative estimate of drug-likeness (QED) is 0.374. The fourth-order valence-corrected chi connectivity index (χ4v) is 3.04. The summed E-state index contributed by atoms with van der Waals surface area (Å²) in [6, 6.07) is 15.7. The van der Waals surface area contributed by atoms with Crippen molar-refractivity contribution in [2.45, 2.75) is 39.5 Å². The number of pyridine rings is 1. The number of carbonyl (C=O) groups excluding carboxylic acids is 1. The second-order valence-electron chi connectivity index (χ2n) is 6.78. The van der Waals surface area contributed by atoms with E-state index < -0.39 is 11.8 Å². The molecule has 0 atom stereocenters. The van der Waals surface area contributed by atoms with E-state index >= 15 is 0 Å². The van der Waals surface area contributed by atoms with Gasteiger partial charge in [-0.1, -0.05) is 51.0 Å². The number of esters is 1. The number of halogens is 1. The summed E-state index contributed by atoms with van der Waals surface area (Å²) < 4.78 is 19.4. The van der Waals surface area contributed by atoms with Crippen molar-refractivity contribution in [3.05, 3.63) is 83.3 Å². The zero-order chi connectivity index (χ0) is 19.9. The molecule has 1 aromatic heterocycles. The first-order valence-corrected chi connectivity index (χ1v) is 9.66. The number of hydrogen-bond donors (Lipinski definition) is 0. The fraction of sp³-hybridized carbons (Fsp3) is 0.250. The number of rotatable bonds is 7. The minimum atomic E-state index is -0.583. The van der Waals surface area contributed by atoms with Crippen molar-refractivity contribution in [2.24, 2.45) is 0 Å². The number of ether oxygens (including phenoxy) is 1. The predicted octanol–water partition coefficient (Wildman–Crippen LogP) is 6.01. The molecule has 28 heavy (non-hydrogen) atoms. The first-order valence-electron chi connectivity index (χ1n) is 9.66. The molecule has 2 aromatic carbocycles. The third kappa shape index (κ3) is 4.83. The monoisotopic (exact) mass is 377 g/mol. The van der Waals surface area contributed by atoms with Gasteiger partial charge in [0.15, 0.2) is 11.6 Å². The SMILES string of the molecule is CCCc1ccc(-c2ccc(C(=O)Oc3ccc(CCC)cc3F)cc2)nc1. The van der Waals surface area contributed by atoms with Gasteiger partial charge >= 0.3 is 5.97 Å². The standard InChI is InChI=1S/C24H24FNO2/c1-3-5-17-8-14-23(21(25)15-17)28-24(27)20-11-9-19(10-12-20)22-13-7-18(6-4-2)16-26-22/h7-16H,3-6H2,1-2H3. The van der Waals surface area contributed by atoms with Crippen LogP contribution in [0.25, 0.3) is 11.3 Å². The molecule has 0 fully saturated rings. The summed E-state index contributed by atoms with van der Waals surface area (Å²) in [6.07, 6.45) is 5.70. The van der Waals surface area contributed by atoms with E-state index in [1.807, 2.05) is 31.3 Å². The first-order chi connectivity index (χ1) is 13.6. The molecule has 0 aliphatic rings. The van der Waals surface area contributed by atoms with Crippen molar-refractivity contribution >= 4 is 5.97 Å². The number of aromatic nitrogens is 1. The van der Waals surface area contributed by atoms with E-state index in [4.69, 9.17) is 4.74 Å². The summed E-state index contributed by atoms with van der Waals surface area (Å²) in [5, 5.41) is 0. The molecule has 0 aliphatic carbocycles. The second-order valence-corrected chi connectivity index (χ2v) is 6.78. The Bertz CT molecular complexity index is 934. The molecule has 0 bridgehead atoms. The molecule has 0 saturated heterocycles. The highest BCUT2D eigenvalue weighted by molar-refractivity contribution is 5.91. The molecule has 0 N–H and O–H groups in total. The molecule has 4 heteroatoms. The van der Waals surface area contributed by atoms with E-state index in [-0.39, 0.29) is 5.75 Å². The summed E-state index contributed by atoms with van der Waals surface area (Å²) in [4.78, 5) is 16.8. The highest BCUT2D eigenvalue weighted by atomic mass is 19.1. The summed E-state index contributed by atoms with van der Waals surface area (Å²) in [5.74, 6) is -1.16. The van der Waals surface area contributed by atoms with Crippen molar-refractivity contribution < 1.29 is 13.9 Å². The summed E-state index contributed by atoms with van der Waals surface area (Å²) in [7, 11) is 0. The lowest BCUT2D eigenvalue weighted by Gasteiger charge is -2.08. The van der Waals surface area contributed by atoms with Crippen molar-refractivity contribution in [3.63, 3.8) is 0 Å². The van der Waals surface area contributed by atoms with E-state index in [0.717, 1.165) is 42.5 Å². The fourth-order valence-electron chi connectivity index (χ4n) is 3.04. The lowest BCUT2D eigenvalue weighted by atomic mass is 10.1. The average Bonchev–Trinajstić information content (AvgIpc) is 2.71. The molecule has 0 saturated carbocycles. The van der Waals surface area contributed by atoms with Crippen LogP contribution < -0.4 is 4.74 Å². The summed E-state index contributed by atoms with van der Waals surface area (Å²) >= 11 is 0. The average molecular weight is 377 g/mol. The number of aryl methyl sites for hydroxylation is 2. The lowest BCUT2D eigenvalue weighted by molar-refractivity contribution is 0.0728. The molecular formula is C24H24FNO2. The van der Waals surface area contributed by atoms with Gasteiger partial charge in [-0.05, 0) is 54.3 Å². The summed E-state index contributed by atoms with van der Waals surface area (Å²) in [6.45, 7) is 4.17. The van der Waals surface area contributed by atoms with Crippen LogP contribution in [-0.4, -0.2) is 11.0 Å². The molecule has 3 aromatic rings. The zero-order valence-electron chi connectivity index (χ0n) is 16.2. The van der Waals surface area contributed by atoms with Crippen LogP contribution in [-0.2, 0) is 12.8 Å². The van der Waals surface area contributed by atoms with Crippen molar-refractivity contribution in [1.29, 1.82) is 0 Å². The van der Waals surface area contributed by atoms with Crippen LogP contribution in [0.2, 0.25) is 0 Å². The maximum Gasteiger partial charge on any atom is 0.343 e. The number of nitrogens with zero attached hydrogens (tertiary/aromatic N) is 1. The van der Waals surface area contributed by atoms with Crippen LogP contribution in [0.3, 0.4) is 0 Å². The Kier molecular flexibility index (Phi) is 6.53. The second kappa shape index (κ2) is 9.27. The van der Waals surface area contributed by atoms with Gasteiger partial charge in [0.1, 0.15) is 0 Å². The Hall–Kier alpha value is -3.01. The third-order valence-electron chi connectivity index (χ3n) is 4.52. The van der Waals surface area contributed by atoms with Gasteiger partial charge in [-0.3, -0.25) is 4.98 Å². The third-order valence-corrected chi connectivity index (χ3v) is 4.52. The predicted molar refractivity (Wildman–Crippen MR) is 109 cm³/mol. The van der Waals surface area contributed by atoms with Gasteiger partial charge in [0.25, 0.3) is 0 Å². The van der Waals surface area contributed by atoms with Crippen LogP contribution in [0, 0.1) is 5.82 Å². The van der Waals surface area contributed by atoms with Gasteiger partial charge in [-0.25, -0.2) is 9.18 Å². The molecule has 0 radical (unpaired) electrons. The van der Waals surface area contributed by atoms with Crippen LogP contribution in [0.15, 0.2) is 60.8 Å². The van der Waals surface area contributed by atoms with E-state index in [1.165, 1.54) is 17.7 Å². The molecule has 144 valence electrons. The van der Waals surface area contributed by atoms with Gasteiger partial charge in [-0.2, -0.15) is 0 Å². The van der Waals surface area contributed by atoms with E-state index in [1.54, 1.807) is 18.2 Å². The molecule has 1 heterocycles. The van der Waals surface area contributed by atoms with Gasteiger partial charge in [0, 0.05) is 11.8 Å². The molecule has 0 unspecified atom stereocenters. The van der Waals surface area contributed by atoms with Gasteiger partial charge in [0.05, 0.1) is 11.3 Å². The van der Waals surface area contributed by atoms with Crippen molar-refractivity contribution in [2.75, 3.05) is 0 Å². The van der Waals surface area contributed by atoms with Crippen molar-refractivity contribution in [1.82, 2.24) is 4.98 Å². The number of benzene rings is 2. The molecular weight excluding hydrogens is 353 g/mol. The Morgan fingerprint density at radius 3 is 2.21 bits per heavy atom. The maximum atomic E-state index is 14.1. The van der Waals surface area contributed by atoms with E-state index in [2.05, 4.69) is 18.0 Å². The molecule has 3 nitrogen and oxygen atoms in total. The smallest absolute Gasteiger partial charge is 0.343 e. The number of hydrogen-bond acceptors (Lipinski definition) is 3. The Morgan fingerprint density at radius 1 is 0.929 bits per heavy atom. The molecule has 0 aliphatic heterocycles. The highest BCUT2D eigenvalue weighted by Gasteiger charge is 2.13. The van der Waals surface area contributed by atoms with Crippen molar-refractivity contribution in [3.8, 4) is 17.0 Å². The molecule has 3 rings (SSSR count). The number of carbonyl (C=O) groups is 1. The normalized spacial score (nSPS) is 10.7. The van der Waals surface area contributed by atoms with Gasteiger partial charge in [0.2, 0.25) is 0 Å². The van der Waals surface area contributed by atoms with Crippen LogP contribution in [0.1, 0.15) is 48.2 Å². The first kappa shape index (κ1) is 19.7. The lowest BCUT2D eigenvalue weighted by Crippen LogP contribution is -2.09. The van der Waals surface area contributed by atoms with E-state index in [9.17, 15) is 9.18 Å². The topological polar surface area (TPSA) is 39.2 Å². The zero-order valence-corrected chi connectivity index (χ0v) is 16.2.